The highest BCUT2D eigenvalue weighted by Crippen LogP contribution is 2.27. The molecule has 0 unspecified atom stereocenters. The number of aliphatic hydroxyl groups is 1. The first-order chi connectivity index (χ1) is 8.49. The predicted molar refractivity (Wildman–Crippen MR) is 70.9 cm³/mol. The Bertz CT molecular complexity index is 450. The van der Waals surface area contributed by atoms with Crippen molar-refractivity contribution in [1.82, 2.24) is 9.47 Å². The number of rotatable bonds is 4. The number of aryl methyl sites for hydroxylation is 1. The Labute approximate surface area is 112 Å². The number of hydrogen-bond donors (Lipinski definition) is 1. The Kier molecular flexibility index (Phi) is 3.69. The lowest BCUT2D eigenvalue weighted by Gasteiger charge is -2.46. The number of carbonyl (C=O) groups excluding carboxylic acids is 1. The van der Waals surface area contributed by atoms with Crippen LogP contribution in [0.1, 0.15) is 37.2 Å². The molecule has 0 bridgehead atoms. The summed E-state index contributed by atoms with van der Waals surface area (Å²) in [5.74, 6) is -0.0477. The van der Waals surface area contributed by atoms with Crippen LogP contribution < -0.4 is 0 Å². The zero-order chi connectivity index (χ0) is 13.3. The van der Waals surface area contributed by atoms with Crippen LogP contribution in [0.3, 0.4) is 0 Å². The molecule has 1 aliphatic heterocycles. The van der Waals surface area contributed by atoms with E-state index in [1.54, 1.807) is 17.2 Å². The smallest absolute Gasteiger partial charge is 0.270 e. The van der Waals surface area contributed by atoms with Crippen molar-refractivity contribution in [3.63, 3.8) is 0 Å². The van der Waals surface area contributed by atoms with E-state index < -0.39 is 5.60 Å². The molecule has 1 aliphatic rings. The van der Waals surface area contributed by atoms with Gasteiger partial charge in [0.25, 0.3) is 5.91 Å². The van der Waals surface area contributed by atoms with Gasteiger partial charge in [-0.25, -0.2) is 0 Å². The number of amides is 1. The largest absolute Gasteiger partial charge is 0.386 e. The second kappa shape index (κ2) is 4.94. The summed E-state index contributed by atoms with van der Waals surface area (Å²) in [5.41, 5.74) is -0.0817. The molecule has 0 aromatic carbocycles. The van der Waals surface area contributed by atoms with Gasteiger partial charge in [0.2, 0.25) is 0 Å². The molecule has 100 valence electrons. The molecular formula is C13H19ClN2O2. The van der Waals surface area contributed by atoms with Crippen LogP contribution in [0.4, 0.5) is 0 Å². The van der Waals surface area contributed by atoms with Crippen molar-refractivity contribution < 1.29 is 9.90 Å². The lowest BCUT2D eigenvalue weighted by molar-refractivity contribution is -0.0829. The number of hydrogen-bond acceptors (Lipinski definition) is 2. The highest BCUT2D eigenvalue weighted by Gasteiger charge is 2.42. The predicted octanol–water partition coefficient (Wildman–Crippen LogP) is 2.15. The highest BCUT2D eigenvalue weighted by atomic mass is 35.5. The normalized spacial score (nSPS) is 17.7. The molecule has 5 heteroatoms. The Balaban J connectivity index is 2.10. The van der Waals surface area contributed by atoms with Gasteiger partial charge in [-0.3, -0.25) is 4.79 Å². The molecule has 2 rings (SSSR count). The van der Waals surface area contributed by atoms with Crippen LogP contribution >= 0.6 is 11.6 Å². The van der Waals surface area contributed by atoms with Crippen LogP contribution in [0.25, 0.3) is 0 Å². The third-order valence-corrected chi connectivity index (χ3v) is 3.67. The van der Waals surface area contributed by atoms with Crippen molar-refractivity contribution in [2.24, 2.45) is 0 Å². The summed E-state index contributed by atoms with van der Waals surface area (Å²) < 4.78 is 1.88. The Hall–Kier alpha value is -1.00. The minimum Gasteiger partial charge on any atom is -0.386 e. The fourth-order valence-corrected chi connectivity index (χ4v) is 2.49. The molecule has 4 nitrogen and oxygen atoms in total. The van der Waals surface area contributed by atoms with E-state index in [0.717, 1.165) is 13.0 Å². The summed E-state index contributed by atoms with van der Waals surface area (Å²) in [4.78, 5) is 13.9. The third-order valence-electron chi connectivity index (χ3n) is 3.46. The van der Waals surface area contributed by atoms with Gasteiger partial charge in [0.05, 0.1) is 23.7 Å². The first-order valence-corrected chi connectivity index (χ1v) is 6.74. The number of likely N-dealkylation sites (tertiary alicyclic amines) is 1. The zero-order valence-corrected chi connectivity index (χ0v) is 11.6. The maximum Gasteiger partial charge on any atom is 0.270 e. The van der Waals surface area contributed by atoms with Crippen molar-refractivity contribution in [3.05, 3.63) is 23.0 Å². The molecule has 1 fully saturated rings. The standard InChI is InChI=1S/C13H19ClN2O2/c1-3-5-15-7-10(14)6-11(15)12(17)16-8-13(18,4-2)9-16/h6-7,18H,3-5,8-9H2,1-2H3. The number of carbonyl (C=O) groups is 1. The fourth-order valence-electron chi connectivity index (χ4n) is 2.27. The minimum absolute atomic E-state index is 0.0477. The first kappa shape index (κ1) is 13.4. The number of β-amino-alcohol motifs (C(OH)–C–C–N with tert-alkyl or cyclic N) is 1. The van der Waals surface area contributed by atoms with E-state index in [2.05, 4.69) is 6.92 Å². The van der Waals surface area contributed by atoms with Gasteiger partial charge in [-0.05, 0) is 18.9 Å². The minimum atomic E-state index is -0.693. The monoisotopic (exact) mass is 270 g/mol. The lowest BCUT2D eigenvalue weighted by atomic mass is 9.91. The van der Waals surface area contributed by atoms with Gasteiger partial charge in [-0.2, -0.15) is 0 Å². The summed E-state index contributed by atoms with van der Waals surface area (Å²) in [6.45, 7) is 5.59. The molecule has 2 heterocycles. The van der Waals surface area contributed by atoms with E-state index in [1.165, 1.54) is 0 Å². The van der Waals surface area contributed by atoms with Crippen LogP contribution in [0.2, 0.25) is 5.02 Å². The van der Waals surface area contributed by atoms with Crippen molar-refractivity contribution in [2.45, 2.75) is 38.8 Å². The van der Waals surface area contributed by atoms with Gasteiger partial charge in [-0.15, -0.1) is 0 Å². The Morgan fingerprint density at radius 2 is 2.17 bits per heavy atom. The van der Waals surface area contributed by atoms with Crippen LogP contribution in [-0.4, -0.2) is 39.2 Å². The first-order valence-electron chi connectivity index (χ1n) is 6.36. The van der Waals surface area contributed by atoms with Gasteiger partial charge < -0.3 is 14.6 Å². The van der Waals surface area contributed by atoms with Gasteiger partial charge in [0, 0.05) is 12.7 Å². The molecule has 0 spiro atoms. The van der Waals surface area contributed by atoms with Gasteiger partial charge >= 0.3 is 0 Å². The Morgan fingerprint density at radius 3 is 2.72 bits per heavy atom. The van der Waals surface area contributed by atoms with Crippen molar-refractivity contribution in [1.29, 1.82) is 0 Å². The van der Waals surface area contributed by atoms with E-state index in [9.17, 15) is 9.90 Å². The molecular weight excluding hydrogens is 252 g/mol. The second-order valence-electron chi connectivity index (χ2n) is 4.98. The lowest BCUT2D eigenvalue weighted by Crippen LogP contribution is -2.63. The fraction of sp³-hybridized carbons (Fsp3) is 0.615. The van der Waals surface area contributed by atoms with Crippen LogP contribution in [0.15, 0.2) is 12.3 Å². The SMILES string of the molecule is CCCn1cc(Cl)cc1C(=O)N1CC(O)(CC)C1. The number of halogens is 1. The maximum atomic E-state index is 12.3. The number of aromatic nitrogens is 1. The highest BCUT2D eigenvalue weighted by molar-refractivity contribution is 6.31. The molecule has 18 heavy (non-hydrogen) atoms. The Morgan fingerprint density at radius 1 is 1.50 bits per heavy atom. The van der Waals surface area contributed by atoms with E-state index in [1.807, 2.05) is 11.5 Å². The van der Waals surface area contributed by atoms with Crippen molar-refractivity contribution >= 4 is 17.5 Å². The summed E-state index contributed by atoms with van der Waals surface area (Å²) in [5, 5.41) is 10.5. The van der Waals surface area contributed by atoms with Gasteiger partial charge in [0.15, 0.2) is 0 Å². The van der Waals surface area contributed by atoms with Crippen LogP contribution in [0, 0.1) is 0 Å². The van der Waals surface area contributed by atoms with E-state index in [-0.39, 0.29) is 5.91 Å². The van der Waals surface area contributed by atoms with E-state index in [0.29, 0.717) is 30.2 Å². The molecule has 1 N–H and O–H groups in total. The molecule has 0 radical (unpaired) electrons. The van der Waals surface area contributed by atoms with E-state index >= 15 is 0 Å². The van der Waals surface area contributed by atoms with Gasteiger partial charge in [-0.1, -0.05) is 25.4 Å². The molecule has 1 amide bonds. The van der Waals surface area contributed by atoms with Crippen LogP contribution in [-0.2, 0) is 6.54 Å². The molecule has 1 aromatic rings. The second-order valence-corrected chi connectivity index (χ2v) is 5.41. The maximum absolute atomic E-state index is 12.3. The average molecular weight is 271 g/mol. The van der Waals surface area contributed by atoms with Crippen LogP contribution in [0.5, 0.6) is 0 Å². The average Bonchev–Trinajstić information content (AvgIpc) is 2.66. The third kappa shape index (κ3) is 2.40. The summed E-state index contributed by atoms with van der Waals surface area (Å²) in [7, 11) is 0. The topological polar surface area (TPSA) is 45.5 Å². The van der Waals surface area contributed by atoms with Gasteiger partial charge in [0.1, 0.15) is 5.69 Å². The summed E-state index contributed by atoms with van der Waals surface area (Å²) in [6.07, 6.45) is 3.40. The van der Waals surface area contributed by atoms with Crippen molar-refractivity contribution in [3.8, 4) is 0 Å². The molecule has 1 saturated heterocycles. The number of nitrogens with zero attached hydrogens (tertiary/aromatic N) is 2. The van der Waals surface area contributed by atoms with E-state index in [4.69, 9.17) is 11.6 Å². The molecule has 1 aromatic heterocycles. The molecule has 0 atom stereocenters. The zero-order valence-electron chi connectivity index (χ0n) is 10.8. The quantitative estimate of drug-likeness (QED) is 0.911. The van der Waals surface area contributed by atoms with Crippen molar-refractivity contribution in [2.75, 3.05) is 13.1 Å². The molecule has 0 saturated carbocycles. The summed E-state index contributed by atoms with van der Waals surface area (Å²) in [6, 6.07) is 1.70. The summed E-state index contributed by atoms with van der Waals surface area (Å²) >= 11 is 5.95. The molecule has 0 aliphatic carbocycles.